The van der Waals surface area contributed by atoms with Crippen LogP contribution in [0, 0.1) is 17.3 Å². The van der Waals surface area contributed by atoms with Crippen molar-refractivity contribution in [1.29, 1.82) is 0 Å². The zero-order valence-corrected chi connectivity index (χ0v) is 11.6. The Morgan fingerprint density at radius 1 is 1.06 bits per heavy atom. The molecule has 1 spiro atoms. The summed E-state index contributed by atoms with van der Waals surface area (Å²) >= 11 is 0. The monoisotopic (exact) mass is 252 g/mol. The van der Waals surface area contributed by atoms with E-state index in [1.807, 2.05) is 13.0 Å². The van der Waals surface area contributed by atoms with Crippen LogP contribution in [0.15, 0.2) is 12.2 Å². The minimum absolute atomic E-state index is 0.0933. The van der Waals surface area contributed by atoms with Gasteiger partial charge in [0.05, 0.1) is 18.8 Å². The molecule has 102 valence electrons. The third-order valence-corrected chi connectivity index (χ3v) is 5.00. The normalized spacial score (nSPS) is 45.1. The molecule has 0 aromatic rings. The standard InChI is InChI=1S/C15H24O3/c1-13(2)6-7-14(3,16)11-4-5-15(12(11)10-13)17-8-9-18-15/h6-7,11-12,16H,4-5,8-10H2,1-3H3. The highest BCUT2D eigenvalue weighted by Gasteiger charge is 2.58. The van der Waals surface area contributed by atoms with Crippen LogP contribution in [0.2, 0.25) is 0 Å². The van der Waals surface area contributed by atoms with Crippen molar-refractivity contribution in [3.05, 3.63) is 12.2 Å². The van der Waals surface area contributed by atoms with Crippen molar-refractivity contribution in [3.63, 3.8) is 0 Å². The fourth-order valence-corrected chi connectivity index (χ4v) is 4.03. The predicted molar refractivity (Wildman–Crippen MR) is 69.0 cm³/mol. The Hall–Kier alpha value is -0.380. The molecule has 3 atom stereocenters. The van der Waals surface area contributed by atoms with E-state index >= 15 is 0 Å². The van der Waals surface area contributed by atoms with Crippen LogP contribution in [0.4, 0.5) is 0 Å². The third kappa shape index (κ3) is 1.84. The lowest BCUT2D eigenvalue weighted by Crippen LogP contribution is -2.43. The van der Waals surface area contributed by atoms with Crippen molar-refractivity contribution in [1.82, 2.24) is 0 Å². The largest absolute Gasteiger partial charge is 0.386 e. The Kier molecular flexibility index (Phi) is 2.68. The fraction of sp³-hybridized carbons (Fsp3) is 0.867. The fourth-order valence-electron chi connectivity index (χ4n) is 4.03. The molecule has 0 aromatic heterocycles. The third-order valence-electron chi connectivity index (χ3n) is 5.00. The number of fused-ring (bicyclic) bond motifs is 2. The van der Waals surface area contributed by atoms with Crippen LogP contribution in [0.3, 0.4) is 0 Å². The highest BCUT2D eigenvalue weighted by atomic mass is 16.7. The van der Waals surface area contributed by atoms with Gasteiger partial charge in [-0.05, 0) is 31.1 Å². The van der Waals surface area contributed by atoms with Crippen molar-refractivity contribution in [2.45, 2.75) is 51.4 Å². The van der Waals surface area contributed by atoms with E-state index in [2.05, 4.69) is 19.9 Å². The van der Waals surface area contributed by atoms with Crippen LogP contribution in [0.25, 0.3) is 0 Å². The molecule has 1 N–H and O–H groups in total. The first-order valence-electron chi connectivity index (χ1n) is 7.05. The second-order valence-electron chi connectivity index (χ2n) is 7.01. The van der Waals surface area contributed by atoms with Gasteiger partial charge in [-0.1, -0.05) is 26.0 Å². The molecule has 0 radical (unpaired) electrons. The molecule has 3 heteroatoms. The molecule has 1 saturated heterocycles. The van der Waals surface area contributed by atoms with E-state index in [4.69, 9.17) is 9.47 Å². The summed E-state index contributed by atoms with van der Waals surface area (Å²) in [5.74, 6) is 0.117. The SMILES string of the molecule is CC1(C)C=CC(C)(O)C2CCC3(OCCO3)C2C1. The molecule has 0 bridgehead atoms. The lowest BCUT2D eigenvalue weighted by atomic mass is 9.76. The van der Waals surface area contributed by atoms with E-state index in [0.717, 1.165) is 19.3 Å². The van der Waals surface area contributed by atoms with E-state index in [-0.39, 0.29) is 11.3 Å². The molecular formula is C15H24O3. The zero-order chi connectivity index (χ0) is 13.0. The van der Waals surface area contributed by atoms with E-state index < -0.39 is 11.4 Å². The zero-order valence-electron chi connectivity index (χ0n) is 11.6. The number of ether oxygens (including phenoxy) is 2. The van der Waals surface area contributed by atoms with Crippen LogP contribution < -0.4 is 0 Å². The van der Waals surface area contributed by atoms with Gasteiger partial charge in [0, 0.05) is 12.3 Å². The first-order valence-corrected chi connectivity index (χ1v) is 7.05. The lowest BCUT2D eigenvalue weighted by molar-refractivity contribution is -0.197. The molecule has 1 aliphatic heterocycles. The van der Waals surface area contributed by atoms with Gasteiger partial charge in [0.15, 0.2) is 5.79 Å². The van der Waals surface area contributed by atoms with Crippen LogP contribution in [0.5, 0.6) is 0 Å². The molecule has 18 heavy (non-hydrogen) atoms. The van der Waals surface area contributed by atoms with Crippen LogP contribution in [0.1, 0.15) is 40.0 Å². The van der Waals surface area contributed by atoms with Gasteiger partial charge in [-0.25, -0.2) is 0 Å². The van der Waals surface area contributed by atoms with E-state index in [1.165, 1.54) is 0 Å². The van der Waals surface area contributed by atoms with Crippen LogP contribution >= 0.6 is 0 Å². The van der Waals surface area contributed by atoms with Gasteiger partial charge in [0.25, 0.3) is 0 Å². The van der Waals surface area contributed by atoms with Gasteiger partial charge in [-0.2, -0.15) is 0 Å². The molecule has 2 aliphatic carbocycles. The maximum atomic E-state index is 10.7. The van der Waals surface area contributed by atoms with Crippen LogP contribution in [-0.4, -0.2) is 29.7 Å². The second kappa shape index (κ2) is 3.81. The van der Waals surface area contributed by atoms with Crippen molar-refractivity contribution in [2.24, 2.45) is 17.3 Å². The number of hydrogen-bond donors (Lipinski definition) is 1. The molecule has 3 aliphatic rings. The molecule has 1 saturated carbocycles. The Labute approximate surface area is 109 Å². The first-order chi connectivity index (χ1) is 8.35. The summed E-state index contributed by atoms with van der Waals surface area (Å²) in [7, 11) is 0. The molecule has 1 heterocycles. The molecular weight excluding hydrogens is 228 g/mol. The number of hydrogen-bond acceptors (Lipinski definition) is 3. The first kappa shape index (κ1) is 12.6. The average Bonchev–Trinajstić information content (AvgIpc) is 2.85. The maximum Gasteiger partial charge on any atom is 0.171 e. The number of aliphatic hydroxyl groups is 1. The van der Waals surface area contributed by atoms with Gasteiger partial charge < -0.3 is 14.6 Å². The Balaban J connectivity index is 1.98. The molecule has 3 nitrogen and oxygen atoms in total. The van der Waals surface area contributed by atoms with Crippen molar-refractivity contribution >= 4 is 0 Å². The molecule has 3 rings (SSSR count). The van der Waals surface area contributed by atoms with E-state index in [0.29, 0.717) is 19.1 Å². The predicted octanol–water partition coefficient (Wildman–Crippen LogP) is 2.49. The van der Waals surface area contributed by atoms with Gasteiger partial charge >= 0.3 is 0 Å². The Morgan fingerprint density at radius 3 is 2.39 bits per heavy atom. The molecule has 0 aromatic carbocycles. The minimum Gasteiger partial charge on any atom is -0.386 e. The summed E-state index contributed by atoms with van der Waals surface area (Å²) in [6, 6.07) is 0. The van der Waals surface area contributed by atoms with Gasteiger partial charge in [-0.15, -0.1) is 0 Å². The quantitative estimate of drug-likeness (QED) is 0.673. The molecule has 3 unspecified atom stereocenters. The smallest absolute Gasteiger partial charge is 0.171 e. The summed E-state index contributed by atoms with van der Waals surface area (Å²) in [6.45, 7) is 7.76. The van der Waals surface area contributed by atoms with E-state index in [1.54, 1.807) is 0 Å². The second-order valence-corrected chi connectivity index (χ2v) is 7.01. The topological polar surface area (TPSA) is 38.7 Å². The van der Waals surface area contributed by atoms with Crippen LogP contribution in [-0.2, 0) is 9.47 Å². The maximum absolute atomic E-state index is 10.7. The Bertz CT molecular complexity index is 364. The van der Waals surface area contributed by atoms with Crippen molar-refractivity contribution < 1.29 is 14.6 Å². The molecule has 0 amide bonds. The summed E-state index contributed by atoms with van der Waals surface area (Å²) in [4.78, 5) is 0. The molecule has 2 fully saturated rings. The summed E-state index contributed by atoms with van der Waals surface area (Å²) < 4.78 is 11.9. The lowest BCUT2D eigenvalue weighted by Gasteiger charge is -2.37. The minimum atomic E-state index is -0.739. The van der Waals surface area contributed by atoms with Crippen molar-refractivity contribution in [2.75, 3.05) is 13.2 Å². The summed E-state index contributed by atoms with van der Waals surface area (Å²) in [5, 5.41) is 10.7. The highest BCUT2D eigenvalue weighted by Crippen LogP contribution is 2.55. The summed E-state index contributed by atoms with van der Waals surface area (Å²) in [5.41, 5.74) is -0.646. The van der Waals surface area contributed by atoms with Gasteiger partial charge in [0.2, 0.25) is 0 Å². The summed E-state index contributed by atoms with van der Waals surface area (Å²) in [6.07, 6.45) is 7.07. The average molecular weight is 252 g/mol. The number of rotatable bonds is 0. The number of allylic oxidation sites excluding steroid dienone is 1. The van der Waals surface area contributed by atoms with Gasteiger partial charge in [-0.3, -0.25) is 0 Å². The Morgan fingerprint density at radius 2 is 1.72 bits per heavy atom. The highest BCUT2D eigenvalue weighted by molar-refractivity contribution is 5.16. The van der Waals surface area contributed by atoms with Gasteiger partial charge in [0.1, 0.15) is 0 Å². The van der Waals surface area contributed by atoms with E-state index in [9.17, 15) is 5.11 Å². The van der Waals surface area contributed by atoms with Crippen molar-refractivity contribution in [3.8, 4) is 0 Å².